The van der Waals surface area contributed by atoms with Crippen LogP contribution in [0.3, 0.4) is 0 Å². The zero-order chi connectivity index (χ0) is 31.9. The molecule has 3 aromatic carbocycles. The van der Waals surface area contributed by atoms with E-state index in [1.165, 1.54) is 35.3 Å². The fourth-order valence-electron chi connectivity index (χ4n) is 5.32. The van der Waals surface area contributed by atoms with E-state index < -0.39 is 27.2 Å². The number of fused-ring (bicyclic) bond motifs is 3. The second kappa shape index (κ2) is 13.9. The van der Waals surface area contributed by atoms with Gasteiger partial charge in [-0.3, -0.25) is 0 Å². The Morgan fingerprint density at radius 3 is 2.27 bits per heavy atom. The van der Waals surface area contributed by atoms with Crippen molar-refractivity contribution in [1.82, 2.24) is 9.97 Å². The predicted octanol–water partition coefficient (Wildman–Crippen LogP) is 9.99. The molecule has 44 heavy (non-hydrogen) atoms. The van der Waals surface area contributed by atoms with Crippen molar-refractivity contribution >= 4 is 62.4 Å². The molecule has 0 aliphatic carbocycles. The van der Waals surface area contributed by atoms with Crippen LogP contribution >= 0.6 is 11.3 Å². The van der Waals surface area contributed by atoms with Gasteiger partial charge in [0.15, 0.2) is 0 Å². The molecule has 0 saturated heterocycles. The number of nitrogens with zero attached hydrogens (tertiary/aromatic N) is 2. The molecule has 6 heteroatoms. The van der Waals surface area contributed by atoms with Crippen molar-refractivity contribution in [3.8, 4) is 22.5 Å². The van der Waals surface area contributed by atoms with Crippen LogP contribution in [0.1, 0.15) is 32.2 Å². The standard InChI is InChI=1S/C23H24GeNS.C15H18NSi.Ir/c1-15(2)16-11-12-25-21(13-16)20-8-6-7-19-18-10-9-17(24(3,4)5)14-22(18)26-23(19)20;1-12-10-14(13-8-6-5-7-9-13)16-11-15(12)17(2,3)4;/h6-7,9-15H,1-5H3;5-8,10-11H,1-4H3;/q2*-1;/i15D;;. The molecule has 0 aliphatic rings. The number of aryl methyl sites for hydroxylation is 1. The fraction of sp³-hybridized carbons (Fsp3) is 0.263. The van der Waals surface area contributed by atoms with Gasteiger partial charge in [-0.2, -0.15) is 0 Å². The van der Waals surface area contributed by atoms with Crippen molar-refractivity contribution in [2.75, 3.05) is 0 Å². The van der Waals surface area contributed by atoms with Crippen molar-refractivity contribution in [3.05, 3.63) is 108 Å². The Morgan fingerprint density at radius 2 is 1.64 bits per heavy atom. The number of rotatable bonds is 5. The van der Waals surface area contributed by atoms with E-state index in [0.29, 0.717) is 0 Å². The van der Waals surface area contributed by atoms with E-state index in [2.05, 4.69) is 109 Å². The van der Waals surface area contributed by atoms with E-state index in [-0.39, 0.29) is 20.1 Å². The van der Waals surface area contributed by atoms with Gasteiger partial charge in [0, 0.05) is 26.3 Å². The largest absolute Gasteiger partial charge is 0 e. The summed E-state index contributed by atoms with van der Waals surface area (Å²) in [4.78, 5) is 9.18. The van der Waals surface area contributed by atoms with Crippen LogP contribution in [0, 0.1) is 19.1 Å². The van der Waals surface area contributed by atoms with Gasteiger partial charge in [-0.25, -0.2) is 0 Å². The van der Waals surface area contributed by atoms with Crippen LogP contribution < -0.4 is 9.58 Å². The van der Waals surface area contributed by atoms with Crippen molar-refractivity contribution in [2.24, 2.45) is 0 Å². The van der Waals surface area contributed by atoms with Gasteiger partial charge >= 0.3 is 164 Å². The summed E-state index contributed by atoms with van der Waals surface area (Å²) in [6.45, 7) is 13.1. The van der Waals surface area contributed by atoms with Crippen LogP contribution in [-0.4, -0.2) is 31.3 Å². The van der Waals surface area contributed by atoms with E-state index >= 15 is 0 Å². The summed E-state index contributed by atoms with van der Waals surface area (Å²) in [5.74, 6) is 6.67. The zero-order valence-corrected chi connectivity index (χ0v) is 33.5. The Morgan fingerprint density at radius 1 is 0.864 bits per heavy atom. The Labute approximate surface area is 286 Å². The molecule has 1 radical (unpaired) electrons. The van der Waals surface area contributed by atoms with Gasteiger partial charge < -0.3 is 4.98 Å². The third-order valence-electron chi connectivity index (χ3n) is 7.80. The van der Waals surface area contributed by atoms with Gasteiger partial charge in [0.25, 0.3) is 0 Å². The van der Waals surface area contributed by atoms with Crippen LogP contribution in [0.15, 0.2) is 85.2 Å². The molecule has 6 rings (SSSR count). The number of pyridine rings is 2. The minimum atomic E-state index is -1.86. The number of hydrogen-bond donors (Lipinski definition) is 0. The number of benzene rings is 3. The first kappa shape index (κ1) is 33.0. The molecule has 2 nitrogen and oxygen atoms in total. The van der Waals surface area contributed by atoms with Crippen LogP contribution in [0.25, 0.3) is 42.7 Å². The summed E-state index contributed by atoms with van der Waals surface area (Å²) in [7, 11) is -1.27. The molecule has 0 N–H and O–H groups in total. The Kier molecular flexibility index (Phi) is 10.4. The molecule has 0 amide bonds. The number of aromatic nitrogens is 2. The number of hydrogen-bond acceptors (Lipinski definition) is 3. The summed E-state index contributed by atoms with van der Waals surface area (Å²) >= 11 is -0.0169. The van der Waals surface area contributed by atoms with Crippen LogP contribution in [0.4, 0.5) is 0 Å². The van der Waals surface area contributed by atoms with Gasteiger partial charge in [-0.15, -0.1) is 35.9 Å². The summed E-state index contributed by atoms with van der Waals surface area (Å²) in [5, 5.41) is 4.03. The van der Waals surface area contributed by atoms with E-state index in [1.54, 1.807) is 0 Å². The summed E-state index contributed by atoms with van der Waals surface area (Å²) in [5.41, 5.74) is 6.36. The Balaban J connectivity index is 0.000000222. The van der Waals surface area contributed by atoms with Gasteiger partial charge in [0.05, 0.1) is 8.07 Å². The second-order valence-electron chi connectivity index (χ2n) is 13.5. The smallest absolute Gasteiger partial charge is 0 e. The van der Waals surface area contributed by atoms with Crippen LogP contribution in [0.5, 0.6) is 0 Å². The van der Waals surface area contributed by atoms with Gasteiger partial charge in [-0.05, 0) is 17.8 Å². The normalized spacial score (nSPS) is 12.3. The molecular weight excluding hydrogens is 809 g/mol. The molecule has 3 heterocycles. The first-order valence-corrected chi connectivity index (χ1v) is 26.6. The average molecular weight is 853 g/mol. The SMILES string of the molecule is Cc1cc(-c2[c-]cccc2)ncc1[Si](C)(C)C.[2H]C(C)(C)c1ccnc(-c2[c-]ccc3c2sc2c[c]([Ge]([CH3])([CH3])[CH3])ccc23)c1.[Ir]. The van der Waals surface area contributed by atoms with E-state index in [4.69, 9.17) is 1.37 Å². The maximum atomic E-state index is 8.33. The third-order valence-corrected chi connectivity index (χ3v) is 15.4. The minimum absolute atomic E-state index is 0. The van der Waals surface area contributed by atoms with Gasteiger partial charge in [0.2, 0.25) is 0 Å². The molecule has 0 bridgehead atoms. The van der Waals surface area contributed by atoms with Gasteiger partial charge in [-0.1, -0.05) is 31.3 Å². The number of thiophene rings is 1. The third kappa shape index (κ3) is 7.68. The quantitative estimate of drug-likeness (QED) is 0.128. The molecule has 3 aromatic heterocycles. The van der Waals surface area contributed by atoms with Crippen molar-refractivity contribution in [2.45, 2.75) is 63.6 Å². The molecule has 0 saturated carbocycles. The van der Waals surface area contributed by atoms with E-state index in [0.717, 1.165) is 28.1 Å². The fourth-order valence-corrected chi connectivity index (χ4v) is 10.9. The molecule has 0 fully saturated rings. The molecule has 0 spiro atoms. The zero-order valence-electron chi connectivity index (χ0n) is 28.2. The molecule has 6 aromatic rings. The first-order valence-electron chi connectivity index (χ1n) is 15.4. The van der Waals surface area contributed by atoms with E-state index in [1.807, 2.05) is 67.8 Å². The monoisotopic (exact) mass is 854 g/mol. The molecular formula is C38H42GeIrN2SSi-2. The predicted molar refractivity (Wildman–Crippen MR) is 195 cm³/mol. The summed E-state index contributed by atoms with van der Waals surface area (Å²) in [6.07, 6.45) is 3.87. The Bertz CT molecular complexity index is 1940. The van der Waals surface area contributed by atoms with Crippen molar-refractivity contribution in [3.63, 3.8) is 0 Å². The maximum absolute atomic E-state index is 8.33. The molecule has 0 atom stereocenters. The van der Waals surface area contributed by atoms with Crippen molar-refractivity contribution in [1.29, 1.82) is 0 Å². The summed E-state index contributed by atoms with van der Waals surface area (Å²) in [6, 6.07) is 31.9. The molecule has 229 valence electrons. The Hall–Kier alpha value is -2.41. The van der Waals surface area contributed by atoms with Crippen LogP contribution in [0.2, 0.25) is 36.9 Å². The maximum Gasteiger partial charge on any atom is 0 e. The van der Waals surface area contributed by atoms with E-state index in [9.17, 15) is 0 Å². The van der Waals surface area contributed by atoms with Crippen molar-refractivity contribution < 1.29 is 21.5 Å². The van der Waals surface area contributed by atoms with Gasteiger partial charge in [0.1, 0.15) is 0 Å². The molecule has 0 unspecified atom stereocenters. The second-order valence-corrected chi connectivity index (χ2v) is 30.2. The first-order chi connectivity index (χ1) is 20.6. The molecule has 0 aliphatic heterocycles. The minimum Gasteiger partial charge on any atom is 0 e. The summed E-state index contributed by atoms with van der Waals surface area (Å²) < 4.78 is 12.5. The average Bonchev–Trinajstić information content (AvgIpc) is 3.35. The van der Waals surface area contributed by atoms with Crippen LogP contribution in [-0.2, 0) is 20.1 Å². The topological polar surface area (TPSA) is 25.8 Å².